The summed E-state index contributed by atoms with van der Waals surface area (Å²) in [6.45, 7) is 2.43. The molecule has 0 aliphatic carbocycles. The Morgan fingerprint density at radius 2 is 2.16 bits per heavy atom. The van der Waals surface area contributed by atoms with Gasteiger partial charge in [0.2, 0.25) is 0 Å². The van der Waals surface area contributed by atoms with E-state index in [2.05, 4.69) is 0 Å². The van der Waals surface area contributed by atoms with Gasteiger partial charge in [-0.15, -0.1) is 0 Å². The molecular formula is C13H17N3O3. The van der Waals surface area contributed by atoms with E-state index >= 15 is 0 Å². The minimum Gasteiger partial charge on any atom is -0.504 e. The Bertz CT molecular complexity index is 646. The quantitative estimate of drug-likeness (QED) is 0.772. The Balaban J connectivity index is 2.72. The van der Waals surface area contributed by atoms with Crippen molar-refractivity contribution in [1.82, 2.24) is 4.57 Å². The van der Waals surface area contributed by atoms with Crippen LogP contribution in [0.25, 0.3) is 10.9 Å². The lowest BCUT2D eigenvalue weighted by Gasteiger charge is -2.06. The molecule has 0 fully saturated rings. The molecule has 1 amide bonds. The van der Waals surface area contributed by atoms with Crippen LogP contribution >= 0.6 is 0 Å². The third kappa shape index (κ3) is 2.10. The first-order valence-electron chi connectivity index (χ1n) is 5.94. The zero-order chi connectivity index (χ0) is 14.2. The summed E-state index contributed by atoms with van der Waals surface area (Å²) in [5, 5.41) is 10.9. The number of fused-ring (bicyclic) bond motifs is 1. The highest BCUT2D eigenvalue weighted by molar-refractivity contribution is 5.93. The number of phenols is 1. The molecule has 0 atom stereocenters. The molecule has 0 aliphatic rings. The molecule has 2 rings (SSSR count). The number of primary amides is 1. The van der Waals surface area contributed by atoms with Crippen LogP contribution in [-0.4, -0.2) is 22.3 Å². The molecule has 0 bridgehead atoms. The number of amides is 1. The molecule has 0 aliphatic heterocycles. The summed E-state index contributed by atoms with van der Waals surface area (Å²) in [6, 6.07) is 3.30. The number of carbonyl (C=O) groups excluding carboxylic acids is 1. The molecule has 0 saturated heterocycles. The lowest BCUT2D eigenvalue weighted by atomic mass is 10.1. The van der Waals surface area contributed by atoms with Gasteiger partial charge in [0.25, 0.3) is 0 Å². The number of hydrogen-bond acceptors (Lipinski definition) is 4. The highest BCUT2D eigenvalue weighted by Crippen LogP contribution is 2.39. The maximum Gasteiger partial charge on any atom is 0.410 e. The van der Waals surface area contributed by atoms with Gasteiger partial charge in [0.05, 0.1) is 5.52 Å². The van der Waals surface area contributed by atoms with E-state index < -0.39 is 6.09 Å². The molecule has 1 aromatic heterocycles. The Morgan fingerprint density at radius 3 is 2.74 bits per heavy atom. The molecule has 1 aromatic carbocycles. The van der Waals surface area contributed by atoms with E-state index in [9.17, 15) is 9.90 Å². The number of aromatic nitrogens is 1. The van der Waals surface area contributed by atoms with Crippen molar-refractivity contribution in [2.45, 2.75) is 13.3 Å². The zero-order valence-electron chi connectivity index (χ0n) is 10.9. The predicted molar refractivity (Wildman–Crippen MR) is 72.3 cm³/mol. The van der Waals surface area contributed by atoms with Crippen molar-refractivity contribution in [3.63, 3.8) is 0 Å². The lowest BCUT2D eigenvalue weighted by Crippen LogP contribution is -2.16. The summed E-state index contributed by atoms with van der Waals surface area (Å²) in [5.74, 6) is -0.0210. The summed E-state index contributed by atoms with van der Waals surface area (Å²) in [6.07, 6.45) is -0.320. The summed E-state index contributed by atoms with van der Waals surface area (Å²) >= 11 is 0. The summed E-state index contributed by atoms with van der Waals surface area (Å²) in [7, 11) is 1.91. The SMILES string of the molecule is Cc1c(CCN)c2c(O)c(OC(N)=O)ccc2n1C. The van der Waals surface area contributed by atoms with Gasteiger partial charge in [0.15, 0.2) is 11.5 Å². The summed E-state index contributed by atoms with van der Waals surface area (Å²) < 4.78 is 6.75. The zero-order valence-corrected chi connectivity index (χ0v) is 10.9. The van der Waals surface area contributed by atoms with Crippen molar-refractivity contribution in [3.05, 3.63) is 23.4 Å². The van der Waals surface area contributed by atoms with Gasteiger partial charge in [-0.2, -0.15) is 0 Å². The first-order valence-corrected chi connectivity index (χ1v) is 5.94. The standard InChI is InChI=1S/C13H17N3O3/c1-7-8(5-6-14)11-9(16(7)2)3-4-10(12(11)17)19-13(15)18/h3-4,17H,5-6,14H2,1-2H3,(H2,15,18). The maximum atomic E-state index is 10.8. The van der Waals surface area contributed by atoms with Gasteiger partial charge in [-0.25, -0.2) is 4.79 Å². The van der Waals surface area contributed by atoms with Crippen molar-refractivity contribution in [2.24, 2.45) is 18.5 Å². The predicted octanol–water partition coefficient (Wildman–Crippen LogP) is 1.15. The molecule has 6 nitrogen and oxygen atoms in total. The fourth-order valence-corrected chi connectivity index (χ4v) is 2.34. The van der Waals surface area contributed by atoms with Gasteiger partial charge in [0.1, 0.15) is 0 Å². The fraction of sp³-hybridized carbons (Fsp3) is 0.308. The van der Waals surface area contributed by atoms with Crippen molar-refractivity contribution in [2.75, 3.05) is 6.54 Å². The number of phenolic OH excluding ortho intramolecular Hbond substituents is 1. The molecule has 0 radical (unpaired) electrons. The largest absolute Gasteiger partial charge is 0.504 e. The van der Waals surface area contributed by atoms with Crippen LogP contribution in [0.2, 0.25) is 0 Å². The molecule has 0 saturated carbocycles. The van der Waals surface area contributed by atoms with Gasteiger partial charge in [-0.05, 0) is 37.6 Å². The smallest absolute Gasteiger partial charge is 0.410 e. The van der Waals surface area contributed by atoms with E-state index in [0.29, 0.717) is 18.4 Å². The summed E-state index contributed by atoms with van der Waals surface area (Å²) in [4.78, 5) is 10.8. The molecular weight excluding hydrogens is 246 g/mol. The maximum absolute atomic E-state index is 10.8. The fourth-order valence-electron chi connectivity index (χ4n) is 2.34. The molecule has 6 heteroatoms. The normalized spacial score (nSPS) is 10.9. The summed E-state index contributed by atoms with van der Waals surface area (Å²) in [5.41, 5.74) is 13.4. The number of aryl methyl sites for hydroxylation is 1. The molecule has 19 heavy (non-hydrogen) atoms. The second kappa shape index (κ2) is 4.81. The van der Waals surface area contributed by atoms with E-state index in [4.69, 9.17) is 16.2 Å². The molecule has 2 aromatic rings. The van der Waals surface area contributed by atoms with Crippen LogP contribution in [0, 0.1) is 6.92 Å². The Morgan fingerprint density at radius 1 is 1.47 bits per heavy atom. The van der Waals surface area contributed by atoms with Crippen LogP contribution in [0.1, 0.15) is 11.3 Å². The number of benzene rings is 1. The Kier molecular flexibility index (Phi) is 3.35. The topological polar surface area (TPSA) is 104 Å². The van der Waals surface area contributed by atoms with E-state index in [1.54, 1.807) is 6.07 Å². The average Bonchev–Trinajstić information content (AvgIpc) is 2.59. The number of rotatable bonds is 3. The van der Waals surface area contributed by atoms with Gasteiger partial charge >= 0.3 is 6.09 Å². The van der Waals surface area contributed by atoms with Gasteiger partial charge in [-0.3, -0.25) is 0 Å². The second-order valence-corrected chi connectivity index (χ2v) is 4.39. The minimum absolute atomic E-state index is 0.0591. The lowest BCUT2D eigenvalue weighted by molar-refractivity contribution is 0.209. The van der Waals surface area contributed by atoms with Crippen molar-refractivity contribution < 1.29 is 14.6 Å². The van der Waals surface area contributed by atoms with E-state index in [1.165, 1.54) is 6.07 Å². The number of hydrogen-bond donors (Lipinski definition) is 3. The van der Waals surface area contributed by atoms with Crippen LogP contribution in [0.3, 0.4) is 0 Å². The van der Waals surface area contributed by atoms with Crippen LogP contribution in [0.15, 0.2) is 12.1 Å². The highest BCUT2D eigenvalue weighted by atomic mass is 16.6. The number of nitrogens with zero attached hydrogens (tertiary/aromatic N) is 1. The number of nitrogens with two attached hydrogens (primary N) is 2. The first kappa shape index (κ1) is 13.2. The van der Waals surface area contributed by atoms with Gasteiger partial charge in [0, 0.05) is 18.1 Å². The van der Waals surface area contributed by atoms with E-state index in [0.717, 1.165) is 16.8 Å². The molecule has 102 valence electrons. The van der Waals surface area contributed by atoms with Crippen LogP contribution in [0.4, 0.5) is 4.79 Å². The van der Waals surface area contributed by atoms with Crippen LogP contribution in [0.5, 0.6) is 11.5 Å². The van der Waals surface area contributed by atoms with Crippen molar-refractivity contribution in [1.29, 1.82) is 0 Å². The molecule has 1 heterocycles. The third-order valence-corrected chi connectivity index (χ3v) is 3.33. The average molecular weight is 263 g/mol. The third-order valence-electron chi connectivity index (χ3n) is 3.33. The second-order valence-electron chi connectivity index (χ2n) is 4.39. The first-order chi connectivity index (χ1) is 8.97. The Hall–Kier alpha value is -2.21. The van der Waals surface area contributed by atoms with Crippen LogP contribution in [-0.2, 0) is 13.5 Å². The Labute approximate surface area is 110 Å². The molecule has 0 spiro atoms. The monoisotopic (exact) mass is 263 g/mol. The van der Waals surface area contributed by atoms with E-state index in [1.807, 2.05) is 18.5 Å². The van der Waals surface area contributed by atoms with Gasteiger partial charge < -0.3 is 25.9 Å². The number of carbonyl (C=O) groups is 1. The molecule has 5 N–H and O–H groups in total. The van der Waals surface area contributed by atoms with Crippen molar-refractivity contribution >= 4 is 17.0 Å². The molecule has 0 unspecified atom stereocenters. The highest BCUT2D eigenvalue weighted by Gasteiger charge is 2.18. The van der Waals surface area contributed by atoms with Crippen LogP contribution < -0.4 is 16.2 Å². The number of ether oxygens (including phenoxy) is 1. The minimum atomic E-state index is -0.956. The van der Waals surface area contributed by atoms with Gasteiger partial charge in [-0.1, -0.05) is 0 Å². The number of aromatic hydroxyl groups is 1. The van der Waals surface area contributed by atoms with Crippen molar-refractivity contribution in [3.8, 4) is 11.5 Å². The van der Waals surface area contributed by atoms with E-state index in [-0.39, 0.29) is 11.5 Å².